The van der Waals surface area contributed by atoms with Gasteiger partial charge in [-0.05, 0) is 42.5 Å². The minimum absolute atomic E-state index is 0.0145. The third-order valence-corrected chi connectivity index (χ3v) is 5.68. The molecule has 0 unspecified atom stereocenters. The Balaban J connectivity index is 1.69. The highest BCUT2D eigenvalue weighted by atomic mass is 79.9. The average Bonchev–Trinajstić information content (AvgIpc) is 2.81. The molecule has 0 bridgehead atoms. The molecule has 0 atom stereocenters. The maximum absolute atomic E-state index is 10.2. The van der Waals surface area contributed by atoms with Crippen LogP contribution in [0, 0.1) is 0 Å². The second-order valence-electron chi connectivity index (χ2n) is 6.74. The molecule has 0 saturated heterocycles. The first-order valence-corrected chi connectivity index (χ1v) is 11.2. The third kappa shape index (κ3) is 5.15. The van der Waals surface area contributed by atoms with Crippen molar-refractivity contribution in [3.63, 3.8) is 0 Å². The van der Waals surface area contributed by atoms with Gasteiger partial charge < -0.3 is 9.84 Å². The Morgan fingerprint density at radius 3 is 1.97 bits per heavy atom. The molecule has 0 fully saturated rings. The number of anilines is 1. The molecule has 0 aliphatic heterocycles. The van der Waals surface area contributed by atoms with Gasteiger partial charge >= 0.3 is 0 Å². The van der Waals surface area contributed by atoms with E-state index in [4.69, 9.17) is 4.74 Å². The van der Waals surface area contributed by atoms with Crippen molar-refractivity contribution in [3.05, 3.63) is 87.3 Å². The number of hydrogen-bond acceptors (Lipinski definition) is 6. The summed E-state index contributed by atoms with van der Waals surface area (Å²) in [6.07, 6.45) is 1.49. The van der Waals surface area contributed by atoms with E-state index in [0.29, 0.717) is 17.3 Å². The number of aromatic hydroxyl groups is 1. The van der Waals surface area contributed by atoms with Crippen LogP contribution in [-0.4, -0.2) is 28.4 Å². The fourth-order valence-electron chi connectivity index (χ4n) is 3.00. The van der Waals surface area contributed by atoms with Crippen LogP contribution >= 0.6 is 31.9 Å². The van der Waals surface area contributed by atoms with E-state index in [1.807, 2.05) is 54.6 Å². The van der Waals surface area contributed by atoms with Crippen LogP contribution in [-0.2, 0) is 0 Å². The first kappa shape index (κ1) is 22.0. The molecular weight excluding hydrogens is 536 g/mol. The lowest BCUT2D eigenvalue weighted by atomic mass is 10.1. The van der Waals surface area contributed by atoms with Crippen LogP contribution in [0.25, 0.3) is 22.5 Å². The monoisotopic (exact) mass is 552 g/mol. The van der Waals surface area contributed by atoms with Gasteiger partial charge in [-0.25, -0.2) is 15.4 Å². The Bertz CT molecular complexity index is 1200. The summed E-state index contributed by atoms with van der Waals surface area (Å²) < 4.78 is 7.11. The lowest BCUT2D eigenvalue weighted by Gasteiger charge is -2.09. The van der Waals surface area contributed by atoms with Crippen LogP contribution < -0.4 is 10.2 Å². The standard InChI is InChI=1S/C24H18Br2N4O2/c1-32-22-4-2-3-17(23(22)31)14-27-30-24-28-20(15-5-9-18(25)10-6-15)13-21(29-24)16-7-11-19(26)12-8-16/h2-14,31H,1H3,(H,28,29,30)/b27-14+. The van der Waals surface area contributed by atoms with E-state index >= 15 is 0 Å². The SMILES string of the molecule is COc1cccc(/C=N/Nc2nc(-c3ccc(Br)cc3)cc(-c3ccc(Br)cc3)n2)c1O. The minimum Gasteiger partial charge on any atom is -0.504 e. The predicted molar refractivity (Wildman–Crippen MR) is 134 cm³/mol. The molecule has 1 heterocycles. The Hall–Kier alpha value is -3.23. The van der Waals surface area contributed by atoms with Crippen LogP contribution in [0.3, 0.4) is 0 Å². The van der Waals surface area contributed by atoms with E-state index in [1.165, 1.54) is 13.3 Å². The molecule has 6 nitrogen and oxygen atoms in total. The average molecular weight is 554 g/mol. The van der Waals surface area contributed by atoms with E-state index in [9.17, 15) is 5.11 Å². The summed E-state index contributed by atoms with van der Waals surface area (Å²) in [5.41, 5.74) is 6.80. The molecule has 0 aliphatic rings. The Kier molecular flexibility index (Phi) is 6.82. The highest BCUT2D eigenvalue weighted by Crippen LogP contribution is 2.29. The van der Waals surface area contributed by atoms with E-state index in [0.717, 1.165) is 31.5 Å². The summed E-state index contributed by atoms with van der Waals surface area (Å²) >= 11 is 6.93. The maximum Gasteiger partial charge on any atom is 0.244 e. The summed E-state index contributed by atoms with van der Waals surface area (Å²) in [6, 6.07) is 22.9. The molecule has 8 heteroatoms. The maximum atomic E-state index is 10.2. The van der Waals surface area contributed by atoms with Crippen molar-refractivity contribution >= 4 is 44.0 Å². The summed E-state index contributed by atoms with van der Waals surface area (Å²) in [5, 5.41) is 14.4. The number of nitrogens with one attached hydrogen (secondary N) is 1. The molecule has 4 rings (SSSR count). The van der Waals surface area contributed by atoms with Crippen LogP contribution in [0.15, 0.2) is 86.8 Å². The van der Waals surface area contributed by atoms with Crippen molar-refractivity contribution in [1.82, 2.24) is 9.97 Å². The van der Waals surface area contributed by atoms with Gasteiger partial charge in [0.15, 0.2) is 11.5 Å². The number of aromatic nitrogens is 2. The number of nitrogens with zero attached hydrogens (tertiary/aromatic N) is 3. The number of hydrogen-bond donors (Lipinski definition) is 2. The fraction of sp³-hybridized carbons (Fsp3) is 0.0417. The van der Waals surface area contributed by atoms with Gasteiger partial charge in [0.05, 0.1) is 24.7 Å². The number of phenols is 1. The van der Waals surface area contributed by atoms with Gasteiger partial charge in [0, 0.05) is 25.6 Å². The second kappa shape index (κ2) is 9.93. The molecule has 0 amide bonds. The molecule has 160 valence electrons. The zero-order valence-electron chi connectivity index (χ0n) is 17.0. The molecule has 2 N–H and O–H groups in total. The molecule has 32 heavy (non-hydrogen) atoms. The molecule has 0 spiro atoms. The van der Waals surface area contributed by atoms with Crippen molar-refractivity contribution in [3.8, 4) is 34.0 Å². The van der Waals surface area contributed by atoms with Gasteiger partial charge in [0.2, 0.25) is 5.95 Å². The minimum atomic E-state index is 0.0145. The summed E-state index contributed by atoms with van der Waals surface area (Å²) in [6.45, 7) is 0. The van der Waals surface area contributed by atoms with Gasteiger partial charge in [-0.15, -0.1) is 0 Å². The van der Waals surface area contributed by atoms with Gasteiger partial charge in [0.25, 0.3) is 0 Å². The first-order valence-electron chi connectivity index (χ1n) is 9.59. The number of halogens is 2. The summed E-state index contributed by atoms with van der Waals surface area (Å²) in [5.74, 6) is 0.725. The quantitative estimate of drug-likeness (QED) is 0.210. The van der Waals surface area contributed by atoms with Gasteiger partial charge in [-0.1, -0.05) is 62.2 Å². The second-order valence-corrected chi connectivity index (χ2v) is 8.58. The van der Waals surface area contributed by atoms with Crippen molar-refractivity contribution in [2.45, 2.75) is 0 Å². The molecule has 4 aromatic rings. The van der Waals surface area contributed by atoms with E-state index < -0.39 is 0 Å². The zero-order chi connectivity index (χ0) is 22.5. The molecule has 0 saturated carbocycles. The van der Waals surface area contributed by atoms with Gasteiger partial charge in [-0.3, -0.25) is 0 Å². The molecule has 3 aromatic carbocycles. The van der Waals surface area contributed by atoms with Crippen molar-refractivity contribution in [2.24, 2.45) is 5.10 Å². The topological polar surface area (TPSA) is 79.6 Å². The van der Waals surface area contributed by atoms with Crippen LogP contribution in [0.5, 0.6) is 11.5 Å². The molecule has 0 aliphatic carbocycles. The number of rotatable bonds is 6. The fourth-order valence-corrected chi connectivity index (χ4v) is 3.53. The molecule has 1 aromatic heterocycles. The van der Waals surface area contributed by atoms with Gasteiger partial charge in [0.1, 0.15) is 0 Å². The highest BCUT2D eigenvalue weighted by molar-refractivity contribution is 9.10. The zero-order valence-corrected chi connectivity index (χ0v) is 20.1. The normalized spacial score (nSPS) is 11.0. The van der Waals surface area contributed by atoms with E-state index in [2.05, 4.69) is 52.4 Å². The largest absolute Gasteiger partial charge is 0.504 e. The van der Waals surface area contributed by atoms with Crippen molar-refractivity contribution < 1.29 is 9.84 Å². The highest BCUT2D eigenvalue weighted by Gasteiger charge is 2.09. The third-order valence-electron chi connectivity index (χ3n) is 4.62. The predicted octanol–water partition coefficient (Wildman–Crippen LogP) is 6.50. The van der Waals surface area contributed by atoms with Gasteiger partial charge in [-0.2, -0.15) is 5.10 Å². The number of para-hydroxylation sites is 1. The lowest BCUT2D eigenvalue weighted by molar-refractivity contribution is 0.373. The smallest absolute Gasteiger partial charge is 0.244 e. The number of hydrazone groups is 1. The van der Waals surface area contributed by atoms with Crippen LogP contribution in [0.1, 0.15) is 5.56 Å². The molecule has 0 radical (unpaired) electrons. The van der Waals surface area contributed by atoms with E-state index in [1.54, 1.807) is 18.2 Å². The molecular formula is C24H18Br2N4O2. The van der Waals surface area contributed by atoms with Crippen molar-refractivity contribution in [1.29, 1.82) is 0 Å². The summed E-state index contributed by atoms with van der Waals surface area (Å²) in [7, 11) is 1.50. The van der Waals surface area contributed by atoms with Crippen LogP contribution in [0.2, 0.25) is 0 Å². The number of ether oxygens (including phenoxy) is 1. The Morgan fingerprint density at radius 2 is 1.44 bits per heavy atom. The summed E-state index contributed by atoms with van der Waals surface area (Å²) in [4.78, 5) is 9.23. The van der Waals surface area contributed by atoms with Crippen LogP contribution in [0.4, 0.5) is 5.95 Å². The van der Waals surface area contributed by atoms with Crippen molar-refractivity contribution in [2.75, 3.05) is 12.5 Å². The Morgan fingerprint density at radius 1 is 0.875 bits per heavy atom. The first-order chi connectivity index (χ1) is 15.5. The lowest BCUT2D eigenvalue weighted by Crippen LogP contribution is -2.00. The number of benzene rings is 3. The number of phenolic OH excluding ortho intramolecular Hbond substituents is 1. The Labute approximate surface area is 202 Å². The van der Waals surface area contributed by atoms with E-state index in [-0.39, 0.29) is 5.75 Å². The number of methoxy groups -OCH3 is 1.